The summed E-state index contributed by atoms with van der Waals surface area (Å²) >= 11 is 0. The molecule has 3 rings (SSSR count). The first kappa shape index (κ1) is 21.7. The summed E-state index contributed by atoms with van der Waals surface area (Å²) in [5.74, 6) is 0.304. The SMILES string of the molecule is COCCn1c(CN2CCC[C@H](CO)C2)cnc1S(=O)(=O)C1CCCCCC1. The number of sulfone groups is 1. The largest absolute Gasteiger partial charge is 0.396 e. The lowest BCUT2D eigenvalue weighted by Crippen LogP contribution is -2.37. The van der Waals surface area contributed by atoms with E-state index in [0.29, 0.717) is 25.6 Å². The standard InChI is InChI=1S/C20H35N3O4S/c1-27-12-11-23-18(15-22-10-6-7-17(14-22)16-24)13-21-20(23)28(25,26)19-8-4-2-3-5-9-19/h13,17,19,24H,2-12,14-16H2,1H3/t17-/m0/s1. The van der Waals surface area contributed by atoms with E-state index in [1.54, 1.807) is 13.3 Å². The van der Waals surface area contributed by atoms with E-state index < -0.39 is 9.84 Å². The molecule has 1 aromatic rings. The van der Waals surface area contributed by atoms with Crippen LogP contribution < -0.4 is 0 Å². The molecule has 7 nitrogen and oxygen atoms in total. The molecule has 2 heterocycles. The van der Waals surface area contributed by atoms with Crippen LogP contribution in [-0.4, -0.2) is 66.6 Å². The van der Waals surface area contributed by atoms with Gasteiger partial charge < -0.3 is 14.4 Å². The van der Waals surface area contributed by atoms with Crippen molar-refractivity contribution in [2.45, 2.75) is 74.9 Å². The summed E-state index contributed by atoms with van der Waals surface area (Å²) in [6.07, 6.45) is 9.51. The van der Waals surface area contributed by atoms with Crippen LogP contribution in [0.15, 0.2) is 11.4 Å². The van der Waals surface area contributed by atoms with Crippen LogP contribution in [0, 0.1) is 5.92 Å². The van der Waals surface area contributed by atoms with Crippen LogP contribution in [0.4, 0.5) is 0 Å². The third-order valence-electron chi connectivity index (χ3n) is 6.16. The highest BCUT2D eigenvalue weighted by atomic mass is 32.2. The molecule has 1 aliphatic heterocycles. The zero-order valence-corrected chi connectivity index (χ0v) is 17.9. The fourth-order valence-electron chi connectivity index (χ4n) is 4.54. The van der Waals surface area contributed by atoms with E-state index in [4.69, 9.17) is 4.74 Å². The van der Waals surface area contributed by atoms with Gasteiger partial charge in [-0.25, -0.2) is 13.4 Å². The Balaban J connectivity index is 1.83. The van der Waals surface area contributed by atoms with Gasteiger partial charge >= 0.3 is 0 Å². The molecule has 0 bridgehead atoms. The van der Waals surface area contributed by atoms with Gasteiger partial charge in [0.25, 0.3) is 0 Å². The number of aliphatic hydroxyl groups is 1. The maximum absolute atomic E-state index is 13.4. The normalized spacial score (nSPS) is 23.0. The second-order valence-corrected chi connectivity index (χ2v) is 10.4. The van der Waals surface area contributed by atoms with Gasteiger partial charge in [0, 0.05) is 33.4 Å². The molecular weight excluding hydrogens is 378 g/mol. The Bertz CT molecular complexity index is 711. The van der Waals surface area contributed by atoms with Crippen molar-refractivity contribution in [3.63, 3.8) is 0 Å². The van der Waals surface area contributed by atoms with Crippen LogP contribution in [0.3, 0.4) is 0 Å². The molecule has 1 aromatic heterocycles. The van der Waals surface area contributed by atoms with Gasteiger partial charge in [-0.2, -0.15) is 0 Å². The summed E-state index contributed by atoms with van der Waals surface area (Å²) in [5.41, 5.74) is 0.919. The molecule has 2 fully saturated rings. The average molecular weight is 414 g/mol. The van der Waals surface area contributed by atoms with Gasteiger partial charge in [-0.1, -0.05) is 25.7 Å². The van der Waals surface area contributed by atoms with Gasteiger partial charge in [-0.3, -0.25) is 4.90 Å². The number of likely N-dealkylation sites (tertiary alicyclic amines) is 1. The molecule has 0 spiro atoms. The van der Waals surface area contributed by atoms with E-state index in [2.05, 4.69) is 9.88 Å². The summed E-state index contributed by atoms with van der Waals surface area (Å²) in [4.78, 5) is 6.69. The van der Waals surface area contributed by atoms with Crippen molar-refractivity contribution in [1.82, 2.24) is 14.5 Å². The van der Waals surface area contributed by atoms with Crippen molar-refractivity contribution in [1.29, 1.82) is 0 Å². The Morgan fingerprint density at radius 3 is 2.61 bits per heavy atom. The van der Waals surface area contributed by atoms with E-state index in [1.807, 2.05) is 4.57 Å². The molecule has 1 saturated carbocycles. The average Bonchev–Trinajstić information content (AvgIpc) is 2.91. The number of aliphatic hydroxyl groups excluding tert-OH is 1. The minimum absolute atomic E-state index is 0.209. The van der Waals surface area contributed by atoms with Crippen LogP contribution in [0.1, 0.15) is 57.1 Å². The highest BCUT2D eigenvalue weighted by molar-refractivity contribution is 7.91. The number of imidazole rings is 1. The highest BCUT2D eigenvalue weighted by Gasteiger charge is 2.33. The highest BCUT2D eigenvalue weighted by Crippen LogP contribution is 2.28. The zero-order valence-electron chi connectivity index (χ0n) is 17.1. The van der Waals surface area contributed by atoms with E-state index in [1.165, 1.54) is 0 Å². The Morgan fingerprint density at radius 2 is 1.93 bits per heavy atom. The van der Waals surface area contributed by atoms with Crippen molar-refractivity contribution < 1.29 is 18.3 Å². The summed E-state index contributed by atoms with van der Waals surface area (Å²) in [7, 11) is -1.81. The minimum Gasteiger partial charge on any atom is -0.396 e. The van der Waals surface area contributed by atoms with Crippen LogP contribution in [-0.2, 0) is 27.7 Å². The fourth-order valence-corrected chi connectivity index (χ4v) is 6.51. The lowest BCUT2D eigenvalue weighted by Gasteiger charge is -2.31. The summed E-state index contributed by atoms with van der Waals surface area (Å²) in [6, 6.07) is 0. The quantitative estimate of drug-likeness (QED) is 0.658. The lowest BCUT2D eigenvalue weighted by molar-refractivity contribution is 0.113. The Hall–Kier alpha value is -0.960. The molecule has 1 aliphatic carbocycles. The van der Waals surface area contributed by atoms with Gasteiger partial charge in [-0.15, -0.1) is 0 Å². The monoisotopic (exact) mass is 413 g/mol. The number of nitrogens with zero attached hydrogens (tertiary/aromatic N) is 3. The third-order valence-corrected chi connectivity index (χ3v) is 8.35. The molecule has 160 valence electrons. The molecule has 1 saturated heterocycles. The van der Waals surface area contributed by atoms with Crippen LogP contribution in [0.25, 0.3) is 0 Å². The van der Waals surface area contributed by atoms with E-state index >= 15 is 0 Å². The third kappa shape index (κ3) is 5.14. The van der Waals surface area contributed by atoms with Crippen LogP contribution >= 0.6 is 0 Å². The summed E-state index contributed by atoms with van der Waals surface area (Å²) in [5, 5.41) is 9.37. The second kappa shape index (κ2) is 10.2. The first-order valence-electron chi connectivity index (χ1n) is 10.7. The van der Waals surface area contributed by atoms with Crippen molar-refractivity contribution in [3.05, 3.63) is 11.9 Å². The molecule has 0 aromatic carbocycles. The number of rotatable bonds is 8. The molecule has 1 atom stereocenters. The zero-order chi connectivity index (χ0) is 20.0. The van der Waals surface area contributed by atoms with Gasteiger partial charge in [0.2, 0.25) is 15.0 Å². The Kier molecular flexibility index (Phi) is 7.91. The number of hydrogen-bond donors (Lipinski definition) is 1. The Labute approximate surface area is 169 Å². The molecule has 0 unspecified atom stereocenters. The predicted octanol–water partition coefficient (Wildman–Crippen LogP) is 2.23. The summed E-state index contributed by atoms with van der Waals surface area (Å²) < 4.78 is 33.8. The van der Waals surface area contributed by atoms with E-state index in [9.17, 15) is 13.5 Å². The molecular formula is C20H35N3O4S. The molecule has 1 N–H and O–H groups in total. The van der Waals surface area contributed by atoms with Gasteiger partial charge in [-0.05, 0) is 38.1 Å². The number of methoxy groups -OCH3 is 1. The Morgan fingerprint density at radius 1 is 1.18 bits per heavy atom. The molecule has 8 heteroatoms. The molecule has 28 heavy (non-hydrogen) atoms. The van der Waals surface area contributed by atoms with Crippen molar-refractivity contribution in [2.24, 2.45) is 5.92 Å². The second-order valence-electron chi connectivity index (χ2n) is 8.26. The number of ether oxygens (including phenoxy) is 1. The van der Waals surface area contributed by atoms with Crippen molar-refractivity contribution in [2.75, 3.05) is 33.4 Å². The first-order chi connectivity index (χ1) is 13.6. The maximum Gasteiger partial charge on any atom is 0.228 e. The minimum atomic E-state index is -3.44. The molecule has 2 aliphatic rings. The number of piperidine rings is 1. The van der Waals surface area contributed by atoms with Crippen LogP contribution in [0.5, 0.6) is 0 Å². The smallest absolute Gasteiger partial charge is 0.228 e. The van der Waals surface area contributed by atoms with Gasteiger partial charge in [0.15, 0.2) is 0 Å². The molecule has 0 amide bonds. The van der Waals surface area contributed by atoms with Gasteiger partial charge in [0.05, 0.1) is 23.7 Å². The van der Waals surface area contributed by atoms with E-state index in [-0.39, 0.29) is 17.0 Å². The lowest BCUT2D eigenvalue weighted by atomic mass is 9.99. The number of aromatic nitrogens is 2. The fraction of sp³-hybridized carbons (Fsp3) is 0.850. The van der Waals surface area contributed by atoms with Crippen LogP contribution in [0.2, 0.25) is 0 Å². The maximum atomic E-state index is 13.4. The predicted molar refractivity (Wildman–Crippen MR) is 108 cm³/mol. The van der Waals surface area contributed by atoms with Crippen molar-refractivity contribution >= 4 is 9.84 Å². The molecule has 0 radical (unpaired) electrons. The topological polar surface area (TPSA) is 84.7 Å². The first-order valence-corrected chi connectivity index (χ1v) is 12.2. The van der Waals surface area contributed by atoms with Gasteiger partial charge in [0.1, 0.15) is 0 Å². The van der Waals surface area contributed by atoms with E-state index in [0.717, 1.165) is 70.2 Å². The summed E-state index contributed by atoms with van der Waals surface area (Å²) in [6.45, 7) is 3.63. The number of hydrogen-bond acceptors (Lipinski definition) is 6. The van der Waals surface area contributed by atoms with Crippen molar-refractivity contribution in [3.8, 4) is 0 Å².